The van der Waals surface area contributed by atoms with Gasteiger partial charge in [0, 0.05) is 19.0 Å². The second kappa shape index (κ2) is 5.87. The normalized spacial score (nSPS) is 19.6. The van der Waals surface area contributed by atoms with Gasteiger partial charge in [0.2, 0.25) is 0 Å². The van der Waals surface area contributed by atoms with E-state index < -0.39 is 18.1 Å². The third kappa shape index (κ3) is 3.09. The van der Waals surface area contributed by atoms with Gasteiger partial charge in [-0.25, -0.2) is 4.98 Å². The minimum Gasteiger partial charge on any atom is -0.331 e. The summed E-state index contributed by atoms with van der Waals surface area (Å²) in [5.41, 5.74) is 0.854. The number of hydrogen-bond donors (Lipinski definition) is 0. The number of para-hydroxylation sites is 1. The molecule has 0 aliphatic carbocycles. The average molecular weight is 328 g/mol. The summed E-state index contributed by atoms with van der Waals surface area (Å²) in [5.74, 6) is -1.72. The monoisotopic (exact) mass is 328 g/mol. The molecular formula is C15H15F3N2OS. The summed E-state index contributed by atoms with van der Waals surface area (Å²) in [5, 5.41) is 0.785. The minimum absolute atomic E-state index is 0.175. The van der Waals surface area contributed by atoms with Gasteiger partial charge < -0.3 is 4.90 Å². The van der Waals surface area contributed by atoms with Gasteiger partial charge >= 0.3 is 12.1 Å². The van der Waals surface area contributed by atoms with Crippen LogP contribution in [0.25, 0.3) is 10.2 Å². The number of nitrogens with zero attached hydrogens (tertiary/aromatic N) is 2. The number of fused-ring (bicyclic) bond motifs is 1. The van der Waals surface area contributed by atoms with E-state index in [0.717, 1.165) is 26.5 Å². The number of aromatic nitrogens is 1. The molecule has 3 nitrogen and oxygen atoms in total. The second-order valence-corrected chi connectivity index (χ2v) is 6.54. The van der Waals surface area contributed by atoms with Crippen LogP contribution in [0, 0.1) is 0 Å². The van der Waals surface area contributed by atoms with Gasteiger partial charge in [0.15, 0.2) is 0 Å². The van der Waals surface area contributed by atoms with E-state index in [1.165, 1.54) is 11.3 Å². The quantitative estimate of drug-likeness (QED) is 0.840. The van der Waals surface area contributed by atoms with Crippen LogP contribution in [0.2, 0.25) is 0 Å². The number of likely N-dealkylation sites (tertiary alicyclic amines) is 1. The number of benzene rings is 1. The highest BCUT2D eigenvalue weighted by atomic mass is 32.1. The number of hydrogen-bond acceptors (Lipinski definition) is 3. The fourth-order valence-electron chi connectivity index (χ4n) is 2.85. The first-order valence-corrected chi connectivity index (χ1v) is 7.99. The molecule has 1 amide bonds. The SMILES string of the molecule is O=C(N1CCCC[C@@H]1Cc1nc2ccccc2s1)C(F)(F)F. The molecule has 2 heterocycles. The number of rotatable bonds is 2. The highest BCUT2D eigenvalue weighted by Crippen LogP contribution is 2.29. The van der Waals surface area contributed by atoms with E-state index in [0.29, 0.717) is 19.3 Å². The van der Waals surface area contributed by atoms with Crippen molar-refractivity contribution in [2.75, 3.05) is 6.54 Å². The predicted octanol–water partition coefficient (Wildman–Crippen LogP) is 3.78. The van der Waals surface area contributed by atoms with E-state index in [-0.39, 0.29) is 6.54 Å². The van der Waals surface area contributed by atoms with Gasteiger partial charge in [-0.3, -0.25) is 4.79 Å². The molecule has 0 spiro atoms. The Morgan fingerprint density at radius 2 is 2.09 bits per heavy atom. The van der Waals surface area contributed by atoms with Gasteiger partial charge in [0.1, 0.15) is 0 Å². The Morgan fingerprint density at radius 3 is 2.82 bits per heavy atom. The van der Waals surface area contributed by atoms with Crippen LogP contribution in [0.3, 0.4) is 0 Å². The van der Waals surface area contributed by atoms with E-state index in [2.05, 4.69) is 4.98 Å². The highest BCUT2D eigenvalue weighted by molar-refractivity contribution is 7.18. The fourth-order valence-corrected chi connectivity index (χ4v) is 3.89. The number of carbonyl (C=O) groups is 1. The summed E-state index contributed by atoms with van der Waals surface area (Å²) in [4.78, 5) is 17.0. The molecule has 3 rings (SSSR count). The van der Waals surface area contributed by atoms with Crippen LogP contribution in [0.4, 0.5) is 13.2 Å². The average Bonchev–Trinajstić information content (AvgIpc) is 2.88. The smallest absolute Gasteiger partial charge is 0.331 e. The molecule has 1 atom stereocenters. The molecule has 0 bridgehead atoms. The molecule has 0 radical (unpaired) electrons. The fraction of sp³-hybridized carbons (Fsp3) is 0.467. The largest absolute Gasteiger partial charge is 0.471 e. The first kappa shape index (κ1) is 15.3. The first-order chi connectivity index (χ1) is 10.4. The molecule has 0 unspecified atom stereocenters. The van der Waals surface area contributed by atoms with Crippen molar-refractivity contribution in [3.8, 4) is 0 Å². The lowest BCUT2D eigenvalue weighted by Gasteiger charge is -2.35. The Kier molecular flexibility index (Phi) is 4.08. The summed E-state index contributed by atoms with van der Waals surface area (Å²) in [6.45, 7) is 0.175. The lowest BCUT2D eigenvalue weighted by atomic mass is 9.99. The van der Waals surface area contributed by atoms with E-state index in [9.17, 15) is 18.0 Å². The van der Waals surface area contributed by atoms with Crippen LogP contribution in [0.5, 0.6) is 0 Å². The molecule has 7 heteroatoms. The maximum Gasteiger partial charge on any atom is 0.471 e. The van der Waals surface area contributed by atoms with Crippen LogP contribution >= 0.6 is 11.3 Å². The Morgan fingerprint density at radius 1 is 1.32 bits per heavy atom. The number of carbonyl (C=O) groups excluding carboxylic acids is 1. The molecule has 2 aromatic rings. The maximum atomic E-state index is 12.7. The van der Waals surface area contributed by atoms with Gasteiger partial charge in [-0.1, -0.05) is 12.1 Å². The van der Waals surface area contributed by atoms with Gasteiger partial charge in [-0.2, -0.15) is 13.2 Å². The molecule has 118 valence electrons. The van der Waals surface area contributed by atoms with Gasteiger partial charge in [0.05, 0.1) is 15.2 Å². The topological polar surface area (TPSA) is 33.2 Å². The second-order valence-electron chi connectivity index (χ2n) is 5.43. The van der Waals surface area contributed by atoms with Crippen LogP contribution in [0.15, 0.2) is 24.3 Å². The lowest BCUT2D eigenvalue weighted by Crippen LogP contribution is -2.50. The number of thiazole rings is 1. The van der Waals surface area contributed by atoms with Crippen molar-refractivity contribution in [3.05, 3.63) is 29.3 Å². The summed E-state index contributed by atoms with van der Waals surface area (Å²) < 4.78 is 39.1. The van der Waals surface area contributed by atoms with Crippen LogP contribution in [-0.4, -0.2) is 34.6 Å². The zero-order valence-electron chi connectivity index (χ0n) is 11.8. The van der Waals surface area contributed by atoms with Gasteiger partial charge in [0.25, 0.3) is 0 Å². The lowest BCUT2D eigenvalue weighted by molar-refractivity contribution is -0.189. The van der Waals surface area contributed by atoms with E-state index in [1.807, 2.05) is 24.3 Å². The zero-order chi connectivity index (χ0) is 15.7. The van der Waals surface area contributed by atoms with Crippen molar-refractivity contribution in [1.82, 2.24) is 9.88 Å². The van der Waals surface area contributed by atoms with Crippen LogP contribution in [0.1, 0.15) is 24.3 Å². The number of amides is 1. The number of halogens is 3. The van der Waals surface area contributed by atoms with Gasteiger partial charge in [-0.15, -0.1) is 11.3 Å². The summed E-state index contributed by atoms with van der Waals surface area (Å²) in [6.07, 6.45) is -2.35. The summed E-state index contributed by atoms with van der Waals surface area (Å²) >= 11 is 1.48. The molecule has 1 saturated heterocycles. The van der Waals surface area contributed by atoms with Crippen molar-refractivity contribution >= 4 is 27.5 Å². The highest BCUT2D eigenvalue weighted by Gasteiger charge is 2.45. The molecule has 0 saturated carbocycles. The molecule has 1 fully saturated rings. The Hall–Kier alpha value is -1.63. The summed E-state index contributed by atoms with van der Waals surface area (Å²) in [7, 11) is 0. The minimum atomic E-state index is -4.80. The van der Waals surface area contributed by atoms with Crippen molar-refractivity contribution in [2.45, 2.75) is 37.9 Å². The van der Waals surface area contributed by atoms with Crippen LogP contribution in [-0.2, 0) is 11.2 Å². The number of piperidine rings is 1. The van der Waals surface area contributed by atoms with Crippen molar-refractivity contribution in [2.24, 2.45) is 0 Å². The third-order valence-corrected chi connectivity index (χ3v) is 4.94. The van der Waals surface area contributed by atoms with Gasteiger partial charge in [-0.05, 0) is 31.4 Å². The molecule has 22 heavy (non-hydrogen) atoms. The van der Waals surface area contributed by atoms with Crippen LogP contribution < -0.4 is 0 Å². The van der Waals surface area contributed by atoms with E-state index in [4.69, 9.17) is 0 Å². The standard InChI is InChI=1S/C15H15F3N2OS/c16-15(17,18)14(21)20-8-4-3-5-10(20)9-13-19-11-6-1-2-7-12(11)22-13/h1-2,6-7,10H,3-5,8-9H2/t10-/m1/s1. The molecule has 1 aromatic carbocycles. The molecule has 1 aliphatic rings. The van der Waals surface area contributed by atoms with E-state index in [1.54, 1.807) is 0 Å². The van der Waals surface area contributed by atoms with Crippen molar-refractivity contribution in [3.63, 3.8) is 0 Å². The Balaban J connectivity index is 1.80. The predicted molar refractivity (Wildman–Crippen MR) is 78.7 cm³/mol. The molecule has 1 aliphatic heterocycles. The zero-order valence-corrected chi connectivity index (χ0v) is 12.6. The van der Waals surface area contributed by atoms with Crippen molar-refractivity contribution in [1.29, 1.82) is 0 Å². The summed E-state index contributed by atoms with van der Waals surface area (Å²) in [6, 6.07) is 7.20. The number of alkyl halides is 3. The first-order valence-electron chi connectivity index (χ1n) is 7.17. The third-order valence-electron chi connectivity index (χ3n) is 3.88. The molecule has 0 N–H and O–H groups in total. The van der Waals surface area contributed by atoms with E-state index >= 15 is 0 Å². The van der Waals surface area contributed by atoms with Crippen molar-refractivity contribution < 1.29 is 18.0 Å². The molecule has 1 aromatic heterocycles. The Bertz CT molecular complexity index is 650. The maximum absolute atomic E-state index is 12.7. The molecular weight excluding hydrogens is 313 g/mol. The Labute approximate surface area is 129 Å².